The van der Waals surface area contributed by atoms with Gasteiger partial charge in [-0.05, 0) is 48.1 Å². The number of hydrogen-bond donors (Lipinski definition) is 0. The highest BCUT2D eigenvalue weighted by Crippen LogP contribution is 2.34. The van der Waals surface area contributed by atoms with E-state index in [9.17, 15) is 8.78 Å². The molecule has 0 aromatic heterocycles. The zero-order chi connectivity index (χ0) is 13.9. The van der Waals surface area contributed by atoms with Gasteiger partial charge in [-0.1, -0.05) is 43.5 Å². The number of halogens is 2. The third-order valence-electron chi connectivity index (χ3n) is 4.23. The Labute approximate surface area is 118 Å². The van der Waals surface area contributed by atoms with Crippen molar-refractivity contribution in [3.05, 3.63) is 59.7 Å². The van der Waals surface area contributed by atoms with E-state index in [0.29, 0.717) is 11.5 Å². The van der Waals surface area contributed by atoms with Gasteiger partial charge >= 0.3 is 0 Å². The van der Waals surface area contributed by atoms with Crippen molar-refractivity contribution in [1.82, 2.24) is 0 Å². The standard InChI is InChI=1S/C18H18F2/c19-16-10-11-18(20)17(12-16)15-8-6-14(7-9-15)13-4-2-1-3-5-13/h6-13H,1-5H2. The predicted molar refractivity (Wildman–Crippen MR) is 77.6 cm³/mol. The Hall–Kier alpha value is -1.70. The summed E-state index contributed by atoms with van der Waals surface area (Å²) in [6, 6.07) is 11.5. The van der Waals surface area contributed by atoms with Crippen molar-refractivity contribution in [1.29, 1.82) is 0 Å². The summed E-state index contributed by atoms with van der Waals surface area (Å²) in [4.78, 5) is 0. The van der Waals surface area contributed by atoms with E-state index in [4.69, 9.17) is 0 Å². The maximum atomic E-state index is 13.7. The van der Waals surface area contributed by atoms with Gasteiger partial charge in [-0.25, -0.2) is 8.78 Å². The molecule has 0 amide bonds. The summed E-state index contributed by atoms with van der Waals surface area (Å²) in [5, 5.41) is 0. The van der Waals surface area contributed by atoms with Crippen LogP contribution in [0.1, 0.15) is 43.6 Å². The molecule has 3 rings (SSSR count). The van der Waals surface area contributed by atoms with Crippen molar-refractivity contribution in [2.24, 2.45) is 0 Å². The van der Waals surface area contributed by atoms with Crippen LogP contribution in [0.5, 0.6) is 0 Å². The van der Waals surface area contributed by atoms with Gasteiger partial charge in [0.1, 0.15) is 11.6 Å². The van der Waals surface area contributed by atoms with Crippen LogP contribution >= 0.6 is 0 Å². The van der Waals surface area contributed by atoms with Crippen molar-refractivity contribution in [2.45, 2.75) is 38.0 Å². The van der Waals surface area contributed by atoms with Crippen LogP contribution < -0.4 is 0 Å². The molecule has 0 saturated heterocycles. The second-order valence-corrected chi connectivity index (χ2v) is 5.58. The molecule has 2 aromatic carbocycles. The Morgan fingerprint density at radius 2 is 1.50 bits per heavy atom. The fraction of sp³-hybridized carbons (Fsp3) is 0.333. The van der Waals surface area contributed by atoms with Gasteiger partial charge in [0.05, 0.1) is 0 Å². The molecule has 0 heterocycles. The molecular weight excluding hydrogens is 254 g/mol. The van der Waals surface area contributed by atoms with E-state index in [1.807, 2.05) is 12.1 Å². The fourth-order valence-electron chi connectivity index (χ4n) is 3.09. The quantitative estimate of drug-likeness (QED) is 0.659. The molecule has 1 saturated carbocycles. The first-order valence-electron chi connectivity index (χ1n) is 7.29. The number of rotatable bonds is 2. The largest absolute Gasteiger partial charge is 0.207 e. The first-order valence-corrected chi connectivity index (χ1v) is 7.29. The molecule has 0 N–H and O–H groups in total. The van der Waals surface area contributed by atoms with Gasteiger partial charge in [0, 0.05) is 5.56 Å². The molecule has 0 aliphatic heterocycles. The number of hydrogen-bond acceptors (Lipinski definition) is 0. The highest BCUT2D eigenvalue weighted by Gasteiger charge is 2.15. The van der Waals surface area contributed by atoms with Gasteiger partial charge in [0.15, 0.2) is 0 Å². The maximum Gasteiger partial charge on any atom is 0.131 e. The lowest BCUT2D eigenvalue weighted by Crippen LogP contribution is -2.04. The molecule has 0 radical (unpaired) electrons. The molecule has 2 aromatic rings. The fourth-order valence-corrected chi connectivity index (χ4v) is 3.09. The maximum absolute atomic E-state index is 13.7. The van der Waals surface area contributed by atoms with E-state index in [1.165, 1.54) is 49.8 Å². The third kappa shape index (κ3) is 2.74. The monoisotopic (exact) mass is 272 g/mol. The Kier molecular flexibility index (Phi) is 3.81. The minimum Gasteiger partial charge on any atom is -0.207 e. The van der Waals surface area contributed by atoms with Crippen molar-refractivity contribution in [3.63, 3.8) is 0 Å². The lowest BCUT2D eigenvalue weighted by atomic mass is 9.84. The van der Waals surface area contributed by atoms with Crippen LogP contribution in [0, 0.1) is 11.6 Å². The van der Waals surface area contributed by atoms with E-state index < -0.39 is 5.82 Å². The lowest BCUT2D eigenvalue weighted by molar-refractivity contribution is 0.443. The minimum atomic E-state index is -0.405. The van der Waals surface area contributed by atoms with Crippen LogP contribution in [-0.4, -0.2) is 0 Å². The highest BCUT2D eigenvalue weighted by molar-refractivity contribution is 5.64. The van der Waals surface area contributed by atoms with Crippen LogP contribution in [-0.2, 0) is 0 Å². The topological polar surface area (TPSA) is 0 Å². The van der Waals surface area contributed by atoms with E-state index in [0.717, 1.165) is 11.6 Å². The van der Waals surface area contributed by atoms with Crippen LogP contribution in [0.15, 0.2) is 42.5 Å². The molecule has 2 heteroatoms. The molecular formula is C18H18F2. The highest BCUT2D eigenvalue weighted by atomic mass is 19.1. The van der Waals surface area contributed by atoms with E-state index in [1.54, 1.807) is 0 Å². The molecule has 0 atom stereocenters. The van der Waals surface area contributed by atoms with E-state index >= 15 is 0 Å². The summed E-state index contributed by atoms with van der Waals surface area (Å²) in [6.07, 6.45) is 6.42. The van der Waals surface area contributed by atoms with Crippen LogP contribution in [0.25, 0.3) is 11.1 Å². The van der Waals surface area contributed by atoms with E-state index in [2.05, 4.69) is 12.1 Å². The lowest BCUT2D eigenvalue weighted by Gasteiger charge is -2.22. The van der Waals surface area contributed by atoms with Crippen LogP contribution in [0.2, 0.25) is 0 Å². The summed E-state index contributed by atoms with van der Waals surface area (Å²) in [7, 11) is 0. The summed E-state index contributed by atoms with van der Waals surface area (Å²) < 4.78 is 27.0. The van der Waals surface area contributed by atoms with Crippen LogP contribution in [0.4, 0.5) is 8.78 Å². The van der Waals surface area contributed by atoms with Gasteiger partial charge in [-0.2, -0.15) is 0 Å². The average molecular weight is 272 g/mol. The van der Waals surface area contributed by atoms with Crippen molar-refractivity contribution >= 4 is 0 Å². The van der Waals surface area contributed by atoms with Crippen molar-refractivity contribution < 1.29 is 8.78 Å². The molecule has 0 unspecified atom stereocenters. The predicted octanol–water partition coefficient (Wildman–Crippen LogP) is 5.68. The van der Waals surface area contributed by atoms with Gasteiger partial charge in [0.25, 0.3) is 0 Å². The molecule has 0 nitrogen and oxygen atoms in total. The second kappa shape index (κ2) is 5.74. The zero-order valence-electron chi connectivity index (χ0n) is 11.4. The van der Waals surface area contributed by atoms with Gasteiger partial charge in [0.2, 0.25) is 0 Å². The normalized spacial score (nSPS) is 16.3. The van der Waals surface area contributed by atoms with Crippen LogP contribution in [0.3, 0.4) is 0 Å². The Morgan fingerprint density at radius 1 is 0.800 bits per heavy atom. The first-order chi connectivity index (χ1) is 9.74. The molecule has 1 fully saturated rings. The number of benzene rings is 2. The first kappa shape index (κ1) is 13.3. The molecule has 0 spiro atoms. The van der Waals surface area contributed by atoms with Gasteiger partial charge in [-0.15, -0.1) is 0 Å². The molecule has 1 aliphatic carbocycles. The Balaban J connectivity index is 1.87. The summed E-state index contributed by atoms with van der Waals surface area (Å²) in [6.45, 7) is 0. The SMILES string of the molecule is Fc1ccc(F)c(-c2ccc(C3CCCCC3)cc2)c1. The van der Waals surface area contributed by atoms with Gasteiger partial charge in [-0.3, -0.25) is 0 Å². The van der Waals surface area contributed by atoms with Gasteiger partial charge < -0.3 is 0 Å². The smallest absolute Gasteiger partial charge is 0.131 e. The Bertz CT molecular complexity index is 581. The molecule has 1 aliphatic rings. The molecule has 20 heavy (non-hydrogen) atoms. The summed E-state index contributed by atoms with van der Waals surface area (Å²) >= 11 is 0. The van der Waals surface area contributed by atoms with Crippen molar-refractivity contribution in [2.75, 3.05) is 0 Å². The minimum absolute atomic E-state index is 0.334. The molecule has 104 valence electrons. The van der Waals surface area contributed by atoms with E-state index in [-0.39, 0.29) is 5.82 Å². The third-order valence-corrected chi connectivity index (χ3v) is 4.23. The Morgan fingerprint density at radius 3 is 2.20 bits per heavy atom. The molecule has 0 bridgehead atoms. The summed E-state index contributed by atoms with van der Waals surface area (Å²) in [5.74, 6) is -0.148. The second-order valence-electron chi connectivity index (χ2n) is 5.58. The zero-order valence-corrected chi connectivity index (χ0v) is 11.4. The average Bonchev–Trinajstić information content (AvgIpc) is 2.51. The van der Waals surface area contributed by atoms with Crippen molar-refractivity contribution in [3.8, 4) is 11.1 Å². The summed E-state index contributed by atoms with van der Waals surface area (Å²) in [5.41, 5.74) is 2.40.